The molecule has 1 unspecified atom stereocenters. The van der Waals surface area contributed by atoms with Crippen molar-refractivity contribution in [2.75, 3.05) is 20.2 Å². The number of nitrogens with zero attached hydrogens (tertiary/aromatic N) is 3. The van der Waals surface area contributed by atoms with E-state index in [0.29, 0.717) is 12.6 Å². The molecule has 0 amide bonds. The van der Waals surface area contributed by atoms with Crippen molar-refractivity contribution in [2.45, 2.75) is 58.2 Å². The van der Waals surface area contributed by atoms with E-state index < -0.39 is 0 Å². The molecule has 0 radical (unpaired) electrons. The van der Waals surface area contributed by atoms with Gasteiger partial charge in [-0.15, -0.1) is 24.0 Å². The Bertz CT molecular complexity index is 743. The van der Waals surface area contributed by atoms with Crippen LogP contribution >= 0.6 is 24.0 Å². The highest BCUT2D eigenvalue weighted by molar-refractivity contribution is 14.0. The van der Waals surface area contributed by atoms with E-state index in [0.717, 1.165) is 43.8 Å². The Balaban J connectivity index is 0.00000320. The molecule has 1 atom stereocenters. The van der Waals surface area contributed by atoms with Crippen LogP contribution in [0, 0.1) is 5.92 Å². The highest BCUT2D eigenvalue weighted by Gasteiger charge is 2.25. The highest BCUT2D eigenvalue weighted by Crippen LogP contribution is 2.30. The van der Waals surface area contributed by atoms with E-state index in [1.807, 2.05) is 25.5 Å². The van der Waals surface area contributed by atoms with E-state index in [4.69, 9.17) is 4.74 Å². The first kappa shape index (κ1) is 24.7. The second-order valence-electron chi connectivity index (χ2n) is 7.64. The fourth-order valence-corrected chi connectivity index (χ4v) is 4.15. The zero-order chi connectivity index (χ0) is 20.3. The molecule has 1 saturated carbocycles. The molecule has 2 aromatic rings. The lowest BCUT2D eigenvalue weighted by molar-refractivity contribution is 0.0169. The molecule has 30 heavy (non-hydrogen) atoms. The van der Waals surface area contributed by atoms with Crippen LogP contribution in [0.2, 0.25) is 0 Å². The van der Waals surface area contributed by atoms with Gasteiger partial charge in [0, 0.05) is 39.1 Å². The minimum absolute atomic E-state index is 0. The number of hydrogen-bond acceptors (Lipinski definition) is 3. The van der Waals surface area contributed by atoms with Crippen molar-refractivity contribution in [2.24, 2.45) is 10.9 Å². The molecule has 0 bridgehead atoms. The zero-order valence-corrected chi connectivity index (χ0v) is 20.5. The summed E-state index contributed by atoms with van der Waals surface area (Å²) in [5.74, 6) is 2.52. The Hall–Kier alpha value is -1.61. The van der Waals surface area contributed by atoms with Crippen molar-refractivity contribution >= 4 is 29.9 Å². The Labute approximate surface area is 197 Å². The molecule has 1 aliphatic rings. The predicted molar refractivity (Wildman–Crippen MR) is 133 cm³/mol. The summed E-state index contributed by atoms with van der Waals surface area (Å²) in [7, 11) is 1.81. The molecular formula is C23H36IN5O. The maximum absolute atomic E-state index is 6.02. The van der Waals surface area contributed by atoms with E-state index in [1.54, 1.807) is 0 Å². The van der Waals surface area contributed by atoms with Gasteiger partial charge >= 0.3 is 0 Å². The Morgan fingerprint density at radius 1 is 1.23 bits per heavy atom. The lowest BCUT2D eigenvalue weighted by Gasteiger charge is -2.24. The van der Waals surface area contributed by atoms with Gasteiger partial charge in [0.2, 0.25) is 0 Å². The van der Waals surface area contributed by atoms with Crippen LogP contribution in [0.15, 0.2) is 47.7 Å². The molecule has 1 fully saturated rings. The SMILES string of the molecule is CCOC(CCNC(=NC)NCc1nccn1Cc1ccccc1)C1CCCC1.I. The second kappa shape index (κ2) is 13.6. The van der Waals surface area contributed by atoms with E-state index >= 15 is 0 Å². The highest BCUT2D eigenvalue weighted by atomic mass is 127. The summed E-state index contributed by atoms with van der Waals surface area (Å²) < 4.78 is 8.19. The fraction of sp³-hybridized carbons (Fsp3) is 0.565. The van der Waals surface area contributed by atoms with E-state index in [1.165, 1.54) is 31.2 Å². The lowest BCUT2D eigenvalue weighted by Crippen LogP contribution is -2.39. The minimum atomic E-state index is 0. The number of imidazole rings is 1. The molecule has 6 nitrogen and oxygen atoms in total. The van der Waals surface area contributed by atoms with Crippen LogP contribution < -0.4 is 10.6 Å². The first-order valence-electron chi connectivity index (χ1n) is 10.9. The van der Waals surface area contributed by atoms with Gasteiger partial charge in [0.15, 0.2) is 5.96 Å². The Morgan fingerprint density at radius 3 is 2.70 bits per heavy atom. The van der Waals surface area contributed by atoms with Crippen molar-refractivity contribution < 1.29 is 4.74 Å². The first-order valence-corrected chi connectivity index (χ1v) is 10.9. The molecule has 0 saturated heterocycles. The molecule has 0 aliphatic heterocycles. The molecule has 3 rings (SSSR count). The maximum atomic E-state index is 6.02. The lowest BCUT2D eigenvalue weighted by atomic mass is 9.98. The number of nitrogens with one attached hydrogen (secondary N) is 2. The summed E-state index contributed by atoms with van der Waals surface area (Å²) in [6, 6.07) is 10.4. The van der Waals surface area contributed by atoms with Gasteiger partial charge in [-0.25, -0.2) is 4.98 Å². The van der Waals surface area contributed by atoms with Gasteiger partial charge in [-0.3, -0.25) is 4.99 Å². The second-order valence-corrected chi connectivity index (χ2v) is 7.64. The predicted octanol–water partition coefficient (Wildman–Crippen LogP) is 4.20. The first-order chi connectivity index (χ1) is 14.3. The van der Waals surface area contributed by atoms with Crippen LogP contribution in [0.5, 0.6) is 0 Å². The van der Waals surface area contributed by atoms with Gasteiger partial charge in [-0.05, 0) is 37.7 Å². The number of hydrogen-bond donors (Lipinski definition) is 2. The van der Waals surface area contributed by atoms with Gasteiger partial charge in [0.1, 0.15) is 5.82 Å². The standard InChI is InChI=1S/C23H35N5O.HI/c1-3-29-21(20-11-7-8-12-20)13-14-26-23(24-2)27-17-22-25-15-16-28(22)18-19-9-5-4-6-10-19;/h4-6,9-10,15-16,20-21H,3,7-8,11-14,17-18H2,1-2H3,(H2,24,26,27);1H. The Morgan fingerprint density at radius 2 is 2.00 bits per heavy atom. The molecule has 1 aliphatic carbocycles. The zero-order valence-electron chi connectivity index (χ0n) is 18.2. The number of aromatic nitrogens is 2. The summed E-state index contributed by atoms with van der Waals surface area (Å²) in [4.78, 5) is 8.86. The van der Waals surface area contributed by atoms with Crippen molar-refractivity contribution in [1.29, 1.82) is 0 Å². The number of ether oxygens (including phenoxy) is 1. The van der Waals surface area contributed by atoms with Gasteiger partial charge in [-0.1, -0.05) is 43.2 Å². The molecule has 7 heteroatoms. The third-order valence-corrected chi connectivity index (χ3v) is 5.66. The third-order valence-electron chi connectivity index (χ3n) is 5.66. The van der Waals surface area contributed by atoms with Crippen molar-refractivity contribution in [3.05, 3.63) is 54.1 Å². The van der Waals surface area contributed by atoms with Crippen LogP contribution in [0.4, 0.5) is 0 Å². The Kier molecular flexibility index (Phi) is 11.2. The average Bonchev–Trinajstić information content (AvgIpc) is 3.43. The van der Waals surface area contributed by atoms with Crippen molar-refractivity contribution in [1.82, 2.24) is 20.2 Å². The molecule has 1 aromatic heterocycles. The summed E-state index contributed by atoms with van der Waals surface area (Å²) in [5.41, 5.74) is 1.27. The molecule has 166 valence electrons. The molecule has 1 aromatic carbocycles. The normalized spacial score (nSPS) is 15.6. The van der Waals surface area contributed by atoms with E-state index in [2.05, 4.69) is 56.4 Å². The average molecular weight is 525 g/mol. The quantitative estimate of drug-likeness (QED) is 0.277. The fourth-order valence-electron chi connectivity index (χ4n) is 4.15. The topological polar surface area (TPSA) is 63.5 Å². The molecular weight excluding hydrogens is 489 g/mol. The van der Waals surface area contributed by atoms with E-state index in [-0.39, 0.29) is 24.0 Å². The van der Waals surface area contributed by atoms with Crippen LogP contribution in [-0.4, -0.2) is 41.8 Å². The number of aliphatic imine (C=N–C) groups is 1. The monoisotopic (exact) mass is 525 g/mol. The van der Waals surface area contributed by atoms with Crippen LogP contribution in [0.25, 0.3) is 0 Å². The van der Waals surface area contributed by atoms with E-state index in [9.17, 15) is 0 Å². The molecule has 0 spiro atoms. The maximum Gasteiger partial charge on any atom is 0.191 e. The van der Waals surface area contributed by atoms with Gasteiger partial charge in [0.05, 0.1) is 12.6 Å². The summed E-state index contributed by atoms with van der Waals surface area (Å²) in [6.07, 6.45) is 10.6. The summed E-state index contributed by atoms with van der Waals surface area (Å²) in [5, 5.41) is 6.82. The third kappa shape index (κ3) is 7.58. The summed E-state index contributed by atoms with van der Waals surface area (Å²) >= 11 is 0. The number of rotatable bonds is 10. The molecule has 2 N–H and O–H groups in total. The smallest absolute Gasteiger partial charge is 0.191 e. The van der Waals surface area contributed by atoms with Gasteiger partial charge < -0.3 is 19.9 Å². The summed E-state index contributed by atoms with van der Waals surface area (Å²) in [6.45, 7) is 5.20. The van der Waals surface area contributed by atoms with Crippen LogP contribution in [0.3, 0.4) is 0 Å². The minimum Gasteiger partial charge on any atom is -0.378 e. The number of benzene rings is 1. The van der Waals surface area contributed by atoms with Crippen LogP contribution in [0.1, 0.15) is 50.4 Å². The van der Waals surface area contributed by atoms with Crippen molar-refractivity contribution in [3.63, 3.8) is 0 Å². The number of guanidine groups is 1. The molecule has 1 heterocycles. The number of halogens is 1. The van der Waals surface area contributed by atoms with Gasteiger partial charge in [-0.2, -0.15) is 0 Å². The van der Waals surface area contributed by atoms with Crippen molar-refractivity contribution in [3.8, 4) is 0 Å². The largest absolute Gasteiger partial charge is 0.378 e. The van der Waals surface area contributed by atoms with Crippen LogP contribution in [-0.2, 0) is 17.8 Å². The van der Waals surface area contributed by atoms with Gasteiger partial charge in [0.25, 0.3) is 0 Å².